The highest BCUT2D eigenvalue weighted by Crippen LogP contribution is 2.19. The van der Waals surface area contributed by atoms with E-state index in [2.05, 4.69) is 98.9 Å². The molecule has 0 fully saturated rings. The zero-order chi connectivity index (χ0) is 57.6. The predicted molar refractivity (Wildman–Crippen MR) is 353 cm³/mol. The number of esters is 2. The van der Waals surface area contributed by atoms with Crippen LogP contribution in [-0.4, -0.2) is 36.4 Å². The molecule has 0 radical (unpaired) electrons. The van der Waals surface area contributed by atoms with Gasteiger partial charge in [-0.25, -0.2) is 0 Å². The van der Waals surface area contributed by atoms with Crippen LogP contribution in [0.5, 0.6) is 0 Å². The molecule has 0 heterocycles. The molecule has 0 aromatic carbocycles. The van der Waals surface area contributed by atoms with Gasteiger partial charge in [0.2, 0.25) is 0 Å². The van der Waals surface area contributed by atoms with Crippen molar-refractivity contribution in [3.8, 4) is 0 Å². The maximum Gasteiger partial charge on any atom is 0.306 e. The minimum absolute atomic E-state index is 0.0810. The quantitative estimate of drug-likeness (QED) is 0.0373. The Balaban J connectivity index is 3.43. The normalized spacial score (nSPS) is 12.7. The molecule has 0 aromatic rings. The maximum atomic E-state index is 12.3. The van der Waals surface area contributed by atoms with Crippen molar-refractivity contribution >= 4 is 11.9 Å². The number of aliphatic hydroxyl groups excluding tert-OH is 1. The lowest BCUT2D eigenvalue weighted by Gasteiger charge is -2.15. The van der Waals surface area contributed by atoms with Crippen molar-refractivity contribution in [1.29, 1.82) is 0 Å². The second-order valence-electron chi connectivity index (χ2n) is 23.6. The Labute approximate surface area is 498 Å². The summed E-state index contributed by atoms with van der Waals surface area (Å²) in [5, 5.41) is 9.68. The second kappa shape index (κ2) is 70.3. The summed E-state index contributed by atoms with van der Waals surface area (Å²) < 4.78 is 10.7. The molecular formula is C75H134O5. The largest absolute Gasteiger partial charge is 0.462 e. The number of carbonyl (C=O) groups excluding carboxylic acids is 2. The van der Waals surface area contributed by atoms with Crippen molar-refractivity contribution < 1.29 is 24.2 Å². The van der Waals surface area contributed by atoms with Gasteiger partial charge in [0.05, 0.1) is 6.61 Å². The highest BCUT2D eigenvalue weighted by atomic mass is 16.6. The first kappa shape index (κ1) is 77.1. The van der Waals surface area contributed by atoms with Crippen LogP contribution in [0.3, 0.4) is 0 Å². The fourth-order valence-electron chi connectivity index (χ4n) is 10.5. The van der Waals surface area contributed by atoms with Gasteiger partial charge in [-0.1, -0.05) is 362 Å². The molecular weight excluding hydrogens is 981 g/mol. The highest BCUT2D eigenvalue weighted by molar-refractivity contribution is 5.70. The number of allylic oxidation sites excluding steroid dienone is 14. The second-order valence-corrected chi connectivity index (χ2v) is 23.6. The van der Waals surface area contributed by atoms with Crippen LogP contribution in [0.4, 0.5) is 0 Å². The standard InChI is InChI=1S/C75H134O5/c1-3-5-7-9-11-13-15-17-19-21-23-25-27-29-30-31-32-33-34-35-36-37-38-39-40-41-42-43-44-46-47-49-51-53-55-57-59-61-63-65-67-69-74(77)79-72-73(71-76)80-75(78)70-68-66-64-62-60-58-56-54-52-50-48-45-28-26-24-22-20-18-16-14-12-10-8-6-4-2/h6,8,12,14,18,20,24,26,45,48,52,54,58,60,73,76H,3-5,7,9-11,13,15-17,19,21-23,25,27-44,46-47,49-51,53,55-57,59,61-72H2,1-2H3/b8-6-,14-12-,20-18-,26-24-,48-45-,54-52-,60-58-. The third-order valence-corrected chi connectivity index (χ3v) is 15.7. The number of carbonyl (C=O) groups is 2. The van der Waals surface area contributed by atoms with E-state index in [4.69, 9.17) is 9.47 Å². The number of hydrogen-bond donors (Lipinski definition) is 1. The van der Waals surface area contributed by atoms with E-state index in [1.165, 1.54) is 244 Å². The first-order valence-corrected chi connectivity index (χ1v) is 35.1. The van der Waals surface area contributed by atoms with Crippen LogP contribution in [-0.2, 0) is 19.1 Å². The molecule has 80 heavy (non-hydrogen) atoms. The molecule has 1 unspecified atom stereocenters. The average Bonchev–Trinajstić information content (AvgIpc) is 3.46. The van der Waals surface area contributed by atoms with Gasteiger partial charge in [-0.3, -0.25) is 9.59 Å². The van der Waals surface area contributed by atoms with Crippen LogP contribution in [0.15, 0.2) is 85.1 Å². The molecule has 0 aliphatic heterocycles. The Morgan fingerprint density at radius 1 is 0.300 bits per heavy atom. The van der Waals surface area contributed by atoms with E-state index in [1.807, 2.05) is 0 Å². The number of aliphatic hydroxyl groups is 1. The van der Waals surface area contributed by atoms with E-state index in [1.54, 1.807) is 0 Å². The summed E-state index contributed by atoms with van der Waals surface area (Å²) in [5.41, 5.74) is 0. The zero-order valence-electron chi connectivity index (χ0n) is 53.3. The van der Waals surface area contributed by atoms with Gasteiger partial charge >= 0.3 is 11.9 Å². The van der Waals surface area contributed by atoms with Crippen molar-refractivity contribution in [2.45, 2.75) is 367 Å². The summed E-state index contributed by atoms with van der Waals surface area (Å²) >= 11 is 0. The molecule has 0 saturated carbocycles. The third-order valence-electron chi connectivity index (χ3n) is 15.7. The van der Waals surface area contributed by atoms with Crippen LogP contribution in [0.25, 0.3) is 0 Å². The number of ether oxygens (including phenoxy) is 2. The maximum absolute atomic E-state index is 12.3. The fraction of sp³-hybridized carbons (Fsp3) is 0.787. The molecule has 0 rings (SSSR count). The van der Waals surface area contributed by atoms with Crippen molar-refractivity contribution in [2.24, 2.45) is 0 Å². The molecule has 0 spiro atoms. The monoisotopic (exact) mass is 1120 g/mol. The Bertz CT molecular complexity index is 1450. The van der Waals surface area contributed by atoms with Gasteiger partial charge in [-0.2, -0.15) is 0 Å². The number of unbranched alkanes of at least 4 members (excludes halogenated alkanes) is 43. The van der Waals surface area contributed by atoms with Gasteiger partial charge in [0.15, 0.2) is 6.10 Å². The van der Waals surface area contributed by atoms with E-state index in [-0.39, 0.29) is 25.2 Å². The summed E-state index contributed by atoms with van der Waals surface area (Å²) in [6, 6.07) is 0. The summed E-state index contributed by atoms with van der Waals surface area (Å²) in [4.78, 5) is 24.6. The van der Waals surface area contributed by atoms with Crippen molar-refractivity contribution in [3.63, 3.8) is 0 Å². The first-order chi connectivity index (χ1) is 39.6. The van der Waals surface area contributed by atoms with Crippen molar-refractivity contribution in [3.05, 3.63) is 85.1 Å². The van der Waals surface area contributed by atoms with E-state index < -0.39 is 6.10 Å². The third kappa shape index (κ3) is 67.6. The SMILES string of the molecule is CC/C=C\C/C=C\C/C=C\C/C=C\C/C=C\C/C=C\C/C=C\CCCCCC(=O)OC(CO)COC(=O)CCCCCCCCCCCCCCCCCCCCCCCCCCCCCCCCCCCCCCCCCCC. The lowest BCUT2D eigenvalue weighted by atomic mass is 10.0. The van der Waals surface area contributed by atoms with Crippen LogP contribution < -0.4 is 0 Å². The van der Waals surface area contributed by atoms with Crippen molar-refractivity contribution in [2.75, 3.05) is 13.2 Å². The topological polar surface area (TPSA) is 72.8 Å². The van der Waals surface area contributed by atoms with E-state index in [9.17, 15) is 14.7 Å². The molecule has 0 aliphatic rings. The summed E-state index contributed by atoms with van der Waals surface area (Å²) in [6.45, 7) is 4.04. The average molecular weight is 1120 g/mol. The smallest absolute Gasteiger partial charge is 0.306 e. The van der Waals surface area contributed by atoms with Crippen LogP contribution in [0.1, 0.15) is 361 Å². The Morgan fingerprint density at radius 3 is 0.812 bits per heavy atom. The molecule has 0 amide bonds. The Kier molecular flexibility index (Phi) is 67.8. The zero-order valence-corrected chi connectivity index (χ0v) is 53.3. The van der Waals surface area contributed by atoms with E-state index in [0.29, 0.717) is 12.8 Å². The van der Waals surface area contributed by atoms with E-state index in [0.717, 1.165) is 89.9 Å². The minimum Gasteiger partial charge on any atom is -0.462 e. The fourth-order valence-corrected chi connectivity index (χ4v) is 10.5. The van der Waals surface area contributed by atoms with Crippen LogP contribution >= 0.6 is 0 Å². The molecule has 5 nitrogen and oxygen atoms in total. The summed E-state index contributed by atoms with van der Waals surface area (Å²) in [7, 11) is 0. The Hall–Kier alpha value is -2.92. The lowest BCUT2D eigenvalue weighted by molar-refractivity contribution is -0.161. The molecule has 464 valence electrons. The van der Waals surface area contributed by atoms with Gasteiger partial charge in [0.25, 0.3) is 0 Å². The van der Waals surface area contributed by atoms with Crippen LogP contribution in [0.2, 0.25) is 0 Å². The first-order valence-electron chi connectivity index (χ1n) is 35.1. The summed E-state index contributed by atoms with van der Waals surface area (Å²) in [6.07, 6.45) is 99.2. The van der Waals surface area contributed by atoms with Gasteiger partial charge in [0, 0.05) is 12.8 Å². The molecule has 0 saturated heterocycles. The van der Waals surface area contributed by atoms with Gasteiger partial charge < -0.3 is 14.6 Å². The number of rotatable bonds is 65. The number of hydrogen-bond acceptors (Lipinski definition) is 5. The van der Waals surface area contributed by atoms with E-state index >= 15 is 0 Å². The van der Waals surface area contributed by atoms with Crippen molar-refractivity contribution in [1.82, 2.24) is 0 Å². The lowest BCUT2D eigenvalue weighted by Crippen LogP contribution is -2.28. The molecule has 1 atom stereocenters. The molecule has 0 bridgehead atoms. The van der Waals surface area contributed by atoms with Gasteiger partial charge in [-0.15, -0.1) is 0 Å². The molecule has 1 N–H and O–H groups in total. The summed E-state index contributed by atoms with van der Waals surface area (Å²) in [5.74, 6) is -0.620. The molecule has 0 aromatic heterocycles. The Morgan fingerprint density at radius 2 is 0.537 bits per heavy atom. The minimum atomic E-state index is -0.795. The highest BCUT2D eigenvalue weighted by Gasteiger charge is 2.16. The molecule has 0 aliphatic carbocycles. The van der Waals surface area contributed by atoms with Gasteiger partial charge in [0.1, 0.15) is 6.61 Å². The molecule has 5 heteroatoms. The van der Waals surface area contributed by atoms with Gasteiger partial charge in [-0.05, 0) is 70.6 Å². The predicted octanol–water partition coefficient (Wildman–Crippen LogP) is 24.4. The van der Waals surface area contributed by atoms with Crippen LogP contribution in [0, 0.1) is 0 Å².